The Balaban J connectivity index is 0.000000248. The number of imidazole rings is 2. The number of hydrogen-bond acceptors (Lipinski definition) is 10. The molecule has 0 spiro atoms. The van der Waals surface area contributed by atoms with E-state index in [-0.39, 0.29) is 22.3 Å². The van der Waals surface area contributed by atoms with Crippen LogP contribution in [0.1, 0.15) is 292 Å². The molecule has 0 unspecified atom stereocenters. The van der Waals surface area contributed by atoms with Crippen LogP contribution in [0.25, 0.3) is 0 Å². The minimum atomic E-state index is 0. The van der Waals surface area contributed by atoms with Crippen molar-refractivity contribution in [2.24, 2.45) is 0 Å². The highest BCUT2D eigenvalue weighted by molar-refractivity contribution is 5.74. The van der Waals surface area contributed by atoms with Crippen LogP contribution in [-0.2, 0) is 45.7 Å². The first-order valence-electron chi connectivity index (χ1n) is 37.4. The molecule has 98 heavy (non-hydrogen) atoms. The van der Waals surface area contributed by atoms with Crippen molar-refractivity contribution in [1.82, 2.24) is 38.4 Å². The zero-order valence-corrected chi connectivity index (χ0v) is 64.9. The molecule has 0 bridgehead atoms. The lowest BCUT2D eigenvalue weighted by Gasteiger charge is -2.40. The minimum Gasteiger partial charge on any atom is -0.490 e. The highest BCUT2D eigenvalue weighted by Crippen LogP contribution is 2.38. The van der Waals surface area contributed by atoms with Gasteiger partial charge in [0.05, 0.1) is 52.7 Å². The van der Waals surface area contributed by atoms with Crippen LogP contribution in [0.3, 0.4) is 0 Å². The molecule has 3 aromatic carbocycles. The predicted molar refractivity (Wildman–Crippen MR) is 429 cm³/mol. The van der Waals surface area contributed by atoms with Crippen LogP contribution in [0.2, 0.25) is 0 Å². The van der Waals surface area contributed by atoms with Gasteiger partial charge >= 0.3 is 0 Å². The average molecular weight is 1350 g/mol. The number of fused-ring (bicyclic) bond motifs is 6. The van der Waals surface area contributed by atoms with E-state index in [9.17, 15) is 0 Å². The molecular weight excluding hydrogens is 1210 g/mol. The Morgan fingerprint density at radius 2 is 0.878 bits per heavy atom. The van der Waals surface area contributed by atoms with E-state index in [1.54, 1.807) is 0 Å². The van der Waals surface area contributed by atoms with Crippen molar-refractivity contribution >= 4 is 22.7 Å². The van der Waals surface area contributed by atoms with Gasteiger partial charge in [-0.3, -0.25) is 14.7 Å². The molecule has 6 aromatic rings. The Bertz CT molecular complexity index is 3170. The van der Waals surface area contributed by atoms with Crippen LogP contribution in [0, 0.1) is 6.92 Å². The summed E-state index contributed by atoms with van der Waals surface area (Å²) in [5.74, 6) is 5.72. The quantitative estimate of drug-likeness (QED) is 0.118. The fourth-order valence-corrected chi connectivity index (χ4v) is 14.3. The number of aromatic nitrogens is 5. The van der Waals surface area contributed by atoms with Gasteiger partial charge in [0.1, 0.15) is 18.2 Å². The summed E-state index contributed by atoms with van der Waals surface area (Å²) in [6.45, 7) is 71.7. The molecule has 0 atom stereocenters. The van der Waals surface area contributed by atoms with Crippen LogP contribution in [-0.4, -0.2) is 134 Å². The van der Waals surface area contributed by atoms with Crippen LogP contribution < -0.4 is 24.3 Å². The second-order valence-electron chi connectivity index (χ2n) is 31.5. The van der Waals surface area contributed by atoms with Crippen molar-refractivity contribution < 1.29 is 4.74 Å². The highest BCUT2D eigenvalue weighted by atomic mass is 16.5. The summed E-state index contributed by atoms with van der Waals surface area (Å²) in [4.78, 5) is 26.7. The van der Waals surface area contributed by atoms with Gasteiger partial charge in [0.15, 0.2) is 0 Å². The van der Waals surface area contributed by atoms with E-state index in [0.717, 1.165) is 84.3 Å². The van der Waals surface area contributed by atoms with Gasteiger partial charge in [-0.05, 0) is 203 Å². The zero-order chi connectivity index (χ0) is 69.9. The molecule has 0 fully saturated rings. The van der Waals surface area contributed by atoms with Crippen molar-refractivity contribution in [1.29, 1.82) is 0 Å². The molecular formula is C85H146N12O. The summed E-state index contributed by atoms with van der Waals surface area (Å²) in [5.41, 5.74) is 19.8. The van der Waals surface area contributed by atoms with Crippen LogP contribution >= 0.6 is 0 Å². The highest BCUT2D eigenvalue weighted by Gasteiger charge is 2.29. The standard InChI is InChI=1S/C15H24N2.C15H23N.C14H21NO.C13H23N3.C13H22N2.C12H21N3.3CH4/c1-11(2)13-6-7-14-15(10-13)17(12(3)4)9-8-16(14)5;1-11(2)14-8-7-13-6-5-9-16(12(3)4)15(13)10-14;1-10(2)12-5-6-14-13(9-12)15(11(3)4)7-8-16-14;1-9(2)13-12-8-15(10(3)4)6-7-16(12)11(5)14-13;1-10(2)12-5-6-14-7-8-15(11(3)4)9-13(12)14;1-9(2)12-11-7-14(10(3)4)5-6-15(11)8-13-12;;;/h6-7,10-12H,8-9H2,1-5H3;7-8,10-12H,5-6,9H2,1-4H3;5-6,9-11H,7-8H2,1-4H3;9-10H,6-8H2,1-5H3;5-6,10-11H,7-9H2,1-4H3;8-10H,5-7H2,1-4H3;3*1H4. The van der Waals surface area contributed by atoms with Gasteiger partial charge in [-0.2, -0.15) is 0 Å². The molecule has 3 aromatic heterocycles. The van der Waals surface area contributed by atoms with Gasteiger partial charge in [0.25, 0.3) is 0 Å². The summed E-state index contributed by atoms with van der Waals surface area (Å²) < 4.78 is 12.8. The monoisotopic (exact) mass is 1350 g/mol. The molecule has 12 rings (SSSR count). The number of likely N-dealkylation sites (N-methyl/N-ethyl adjacent to an activating group) is 1. The molecule has 0 saturated heterocycles. The molecule has 13 nitrogen and oxygen atoms in total. The SMILES string of the molecule is C.C.C.CC(C)c1ccc2c(c1)N(C(C)C)CCC2.CC(C)c1ccc2c(c1)N(C(C)C)CCN2C.CC(C)c1ccc2c(c1)N(C(C)C)CCO2.CC(C)c1ccn2c1CN(C(C)C)CC2.CC(C)c1ncn2c1CN(C(C)C)CC2.Cc1nc(C(C)C)c2n1CCN(C(C)C)C2. The number of nitrogens with zero attached hydrogens (tertiary/aromatic N) is 12. The van der Waals surface area contributed by atoms with Crippen LogP contribution in [0.4, 0.5) is 22.7 Å². The van der Waals surface area contributed by atoms with E-state index < -0.39 is 0 Å². The summed E-state index contributed by atoms with van der Waals surface area (Å²) >= 11 is 0. The zero-order valence-electron chi connectivity index (χ0n) is 64.9. The first kappa shape index (κ1) is 84.7. The maximum Gasteiger partial charge on any atom is 0.142 e. The van der Waals surface area contributed by atoms with Crippen molar-refractivity contribution in [2.75, 3.05) is 79.1 Å². The molecule has 0 amide bonds. The number of ether oxygens (including phenoxy) is 1. The van der Waals surface area contributed by atoms with Gasteiger partial charge in [0, 0.05) is 139 Å². The predicted octanol–water partition coefficient (Wildman–Crippen LogP) is 20.4. The summed E-state index contributed by atoms with van der Waals surface area (Å²) in [7, 11) is 2.19. The van der Waals surface area contributed by atoms with E-state index in [4.69, 9.17) is 9.72 Å². The van der Waals surface area contributed by atoms with E-state index in [2.05, 4.69) is 300 Å². The maximum atomic E-state index is 5.70. The molecule has 552 valence electrons. The molecule has 6 aliphatic heterocycles. The average Bonchev–Trinajstić information content (AvgIpc) is 1.61. The lowest BCUT2D eigenvalue weighted by atomic mass is 9.94. The number of benzene rings is 3. The molecule has 0 aliphatic carbocycles. The van der Waals surface area contributed by atoms with Crippen LogP contribution in [0.15, 0.2) is 73.2 Å². The summed E-state index contributed by atoms with van der Waals surface area (Å²) in [6, 6.07) is 26.4. The smallest absolute Gasteiger partial charge is 0.142 e. The largest absolute Gasteiger partial charge is 0.490 e. The van der Waals surface area contributed by atoms with E-state index in [1.807, 2.05) is 6.33 Å². The van der Waals surface area contributed by atoms with Gasteiger partial charge in [0.2, 0.25) is 0 Å². The fourth-order valence-electron chi connectivity index (χ4n) is 14.3. The summed E-state index contributed by atoms with van der Waals surface area (Å²) in [6.07, 6.45) is 6.80. The lowest BCUT2D eigenvalue weighted by molar-refractivity contribution is 0.175. The topological polar surface area (TPSA) is 72.5 Å². The summed E-state index contributed by atoms with van der Waals surface area (Å²) in [5, 5.41) is 0. The minimum absolute atomic E-state index is 0. The second kappa shape index (κ2) is 38.3. The van der Waals surface area contributed by atoms with Gasteiger partial charge in [-0.25, -0.2) is 9.97 Å². The number of hydrogen-bond donors (Lipinski definition) is 0. The van der Waals surface area contributed by atoms with Crippen molar-refractivity contribution in [3.05, 3.63) is 135 Å². The molecule has 9 heterocycles. The van der Waals surface area contributed by atoms with E-state index >= 15 is 0 Å². The number of rotatable bonds is 12. The first-order valence-corrected chi connectivity index (χ1v) is 37.4. The van der Waals surface area contributed by atoms with Crippen LogP contribution in [0.5, 0.6) is 5.75 Å². The fraction of sp³-hybridized carbons (Fsp3) is 0.671. The van der Waals surface area contributed by atoms with Gasteiger partial charge in [-0.15, -0.1) is 0 Å². The Kier molecular flexibility index (Phi) is 33.1. The van der Waals surface area contributed by atoms with Crippen molar-refractivity contribution in [2.45, 2.75) is 319 Å². The molecule has 0 saturated carbocycles. The van der Waals surface area contributed by atoms with Gasteiger partial charge in [-0.1, -0.05) is 130 Å². The Morgan fingerprint density at radius 1 is 0.398 bits per heavy atom. The molecule has 13 heteroatoms. The van der Waals surface area contributed by atoms with E-state index in [0.29, 0.717) is 71.8 Å². The van der Waals surface area contributed by atoms with Gasteiger partial charge < -0.3 is 38.0 Å². The Hall–Kier alpha value is -5.76. The lowest BCUT2D eigenvalue weighted by Crippen LogP contribution is -2.42. The normalized spacial score (nSPS) is 15.9. The Morgan fingerprint density at radius 3 is 1.41 bits per heavy atom. The third-order valence-corrected chi connectivity index (χ3v) is 20.6. The number of aryl methyl sites for hydroxylation is 2. The second-order valence-corrected chi connectivity index (χ2v) is 31.5. The van der Waals surface area contributed by atoms with E-state index in [1.165, 1.54) is 111 Å². The molecule has 0 N–H and O–H groups in total. The third-order valence-electron chi connectivity index (χ3n) is 20.6. The first-order chi connectivity index (χ1) is 44.9. The Labute approximate surface area is 602 Å². The third kappa shape index (κ3) is 21.4. The van der Waals surface area contributed by atoms with Crippen molar-refractivity contribution in [3.8, 4) is 5.75 Å². The molecule has 6 aliphatic rings. The van der Waals surface area contributed by atoms with Crippen molar-refractivity contribution in [3.63, 3.8) is 0 Å². The number of anilines is 4. The maximum absolute atomic E-state index is 5.70. The molecule has 0 radical (unpaired) electrons.